The number of carbonyl (C=O) groups excluding carboxylic acids is 2. The Morgan fingerprint density at radius 1 is 1.00 bits per heavy atom. The summed E-state index contributed by atoms with van der Waals surface area (Å²) in [7, 11) is 0. The lowest BCUT2D eigenvalue weighted by Gasteiger charge is -2.30. The minimum absolute atomic E-state index is 0.0392. The van der Waals surface area contributed by atoms with Gasteiger partial charge in [-0.1, -0.05) is 24.3 Å². The maximum absolute atomic E-state index is 13.4. The third-order valence-corrected chi connectivity index (χ3v) is 5.72. The van der Waals surface area contributed by atoms with Crippen molar-refractivity contribution in [2.75, 3.05) is 25.1 Å². The molecule has 0 aliphatic carbocycles. The Bertz CT molecular complexity index is 878. The van der Waals surface area contributed by atoms with E-state index in [4.69, 9.17) is 4.74 Å². The molecule has 2 aromatic rings. The number of likely N-dealkylation sites (tertiary alicyclic amines) is 1. The van der Waals surface area contributed by atoms with Crippen molar-refractivity contribution in [3.8, 4) is 11.1 Å². The first kappa shape index (κ1) is 19.6. The number of nitrogens with zero attached hydrogens (tertiary/aromatic N) is 1. The van der Waals surface area contributed by atoms with Crippen LogP contribution in [0, 0.1) is 11.7 Å². The monoisotopic (exact) mass is 396 g/mol. The number of ether oxygens (including phenoxy) is 1. The molecule has 2 aromatic carbocycles. The summed E-state index contributed by atoms with van der Waals surface area (Å²) in [6.07, 6.45) is 2.98. The summed E-state index contributed by atoms with van der Waals surface area (Å²) in [6, 6.07) is 13.3. The number of hydrogen-bond donors (Lipinski definition) is 1. The Morgan fingerprint density at radius 3 is 2.48 bits per heavy atom. The number of amides is 2. The molecular weight excluding hydrogens is 371 g/mol. The number of nitrogens with one attached hydrogen (secondary N) is 1. The minimum Gasteiger partial charge on any atom is -0.381 e. The SMILES string of the molecule is O=C(Nc1ccc(-c2cccc(F)c2)cc1)C1CCCN1C(=O)C1CCOCC1. The van der Waals surface area contributed by atoms with Crippen molar-refractivity contribution in [3.63, 3.8) is 0 Å². The van der Waals surface area contributed by atoms with Crippen molar-refractivity contribution in [3.05, 3.63) is 54.3 Å². The summed E-state index contributed by atoms with van der Waals surface area (Å²) < 4.78 is 18.8. The van der Waals surface area contributed by atoms with E-state index in [1.807, 2.05) is 18.2 Å². The Morgan fingerprint density at radius 2 is 1.76 bits per heavy atom. The van der Waals surface area contributed by atoms with Crippen LogP contribution in [0.5, 0.6) is 0 Å². The highest BCUT2D eigenvalue weighted by molar-refractivity contribution is 5.98. The number of rotatable bonds is 4. The predicted molar refractivity (Wildman–Crippen MR) is 109 cm³/mol. The molecule has 1 atom stereocenters. The molecule has 4 rings (SSSR count). The van der Waals surface area contributed by atoms with Gasteiger partial charge in [-0.05, 0) is 61.1 Å². The van der Waals surface area contributed by atoms with Crippen LogP contribution in [-0.4, -0.2) is 42.5 Å². The Balaban J connectivity index is 1.41. The van der Waals surface area contributed by atoms with Gasteiger partial charge in [0.05, 0.1) is 0 Å². The zero-order valence-electron chi connectivity index (χ0n) is 16.3. The number of halogens is 1. The fourth-order valence-corrected chi connectivity index (χ4v) is 4.12. The van der Waals surface area contributed by atoms with Crippen molar-refractivity contribution >= 4 is 17.5 Å². The van der Waals surface area contributed by atoms with E-state index in [2.05, 4.69) is 5.32 Å². The molecule has 1 unspecified atom stereocenters. The highest BCUT2D eigenvalue weighted by Gasteiger charge is 2.37. The molecule has 1 N–H and O–H groups in total. The topological polar surface area (TPSA) is 58.6 Å². The van der Waals surface area contributed by atoms with Crippen LogP contribution in [0.3, 0.4) is 0 Å². The summed E-state index contributed by atoms with van der Waals surface area (Å²) in [5, 5.41) is 2.93. The molecular formula is C23H25FN2O3. The van der Waals surface area contributed by atoms with Crippen LogP contribution in [0.4, 0.5) is 10.1 Å². The zero-order chi connectivity index (χ0) is 20.2. The number of hydrogen-bond acceptors (Lipinski definition) is 3. The van der Waals surface area contributed by atoms with Gasteiger partial charge in [0, 0.05) is 31.4 Å². The number of anilines is 1. The maximum Gasteiger partial charge on any atom is 0.247 e. The van der Waals surface area contributed by atoms with Crippen molar-refractivity contribution in [2.24, 2.45) is 5.92 Å². The molecule has 0 bridgehead atoms. The molecule has 152 valence electrons. The zero-order valence-corrected chi connectivity index (χ0v) is 16.3. The van der Waals surface area contributed by atoms with E-state index in [9.17, 15) is 14.0 Å². The summed E-state index contributed by atoms with van der Waals surface area (Å²) >= 11 is 0. The highest BCUT2D eigenvalue weighted by Crippen LogP contribution is 2.26. The van der Waals surface area contributed by atoms with E-state index in [1.165, 1.54) is 12.1 Å². The fraction of sp³-hybridized carbons (Fsp3) is 0.391. The lowest BCUT2D eigenvalue weighted by Crippen LogP contribution is -2.46. The minimum atomic E-state index is -0.423. The molecule has 2 heterocycles. The first-order valence-electron chi connectivity index (χ1n) is 10.2. The molecule has 0 radical (unpaired) electrons. The quantitative estimate of drug-likeness (QED) is 0.854. The standard InChI is InChI=1S/C23H25FN2O3/c24-19-4-1-3-18(15-19)16-6-8-20(9-7-16)25-22(27)21-5-2-12-26(21)23(28)17-10-13-29-14-11-17/h1,3-4,6-9,15,17,21H,2,5,10-14H2,(H,25,27). The Labute approximate surface area is 169 Å². The van der Waals surface area contributed by atoms with Crippen LogP contribution in [-0.2, 0) is 14.3 Å². The van der Waals surface area contributed by atoms with Gasteiger partial charge in [0.2, 0.25) is 11.8 Å². The average Bonchev–Trinajstić information content (AvgIpc) is 3.24. The second-order valence-corrected chi connectivity index (χ2v) is 7.65. The van der Waals surface area contributed by atoms with E-state index >= 15 is 0 Å². The number of carbonyl (C=O) groups is 2. The van der Waals surface area contributed by atoms with Crippen molar-refractivity contribution in [1.29, 1.82) is 0 Å². The van der Waals surface area contributed by atoms with Crippen molar-refractivity contribution in [2.45, 2.75) is 31.7 Å². The summed E-state index contributed by atoms with van der Waals surface area (Å²) in [5.41, 5.74) is 2.33. The molecule has 0 spiro atoms. The Kier molecular flexibility index (Phi) is 5.90. The van der Waals surface area contributed by atoms with E-state index in [0.29, 0.717) is 31.9 Å². The van der Waals surface area contributed by atoms with Crippen LogP contribution < -0.4 is 5.32 Å². The normalized spacial score (nSPS) is 19.9. The molecule has 0 saturated carbocycles. The van der Waals surface area contributed by atoms with Gasteiger partial charge in [-0.15, -0.1) is 0 Å². The highest BCUT2D eigenvalue weighted by atomic mass is 19.1. The molecule has 2 fully saturated rings. The van der Waals surface area contributed by atoms with E-state index in [0.717, 1.165) is 30.4 Å². The van der Waals surface area contributed by atoms with Gasteiger partial charge in [0.25, 0.3) is 0 Å². The third-order valence-electron chi connectivity index (χ3n) is 5.72. The molecule has 2 aliphatic heterocycles. The lowest BCUT2D eigenvalue weighted by atomic mass is 9.98. The van der Waals surface area contributed by atoms with Crippen molar-refractivity contribution < 1.29 is 18.7 Å². The number of benzene rings is 2. The van der Waals surface area contributed by atoms with E-state index < -0.39 is 6.04 Å². The summed E-state index contributed by atoms with van der Waals surface area (Å²) in [4.78, 5) is 27.4. The van der Waals surface area contributed by atoms with Gasteiger partial charge in [-0.2, -0.15) is 0 Å². The molecule has 5 nitrogen and oxygen atoms in total. The Hall–Kier alpha value is -2.73. The van der Waals surface area contributed by atoms with Gasteiger partial charge >= 0.3 is 0 Å². The molecule has 2 amide bonds. The predicted octanol–water partition coefficient (Wildman–Crippen LogP) is 3.85. The molecule has 0 aromatic heterocycles. The second kappa shape index (κ2) is 8.74. The van der Waals surface area contributed by atoms with E-state index in [1.54, 1.807) is 23.1 Å². The molecule has 29 heavy (non-hydrogen) atoms. The lowest BCUT2D eigenvalue weighted by molar-refractivity contribution is -0.142. The second-order valence-electron chi connectivity index (χ2n) is 7.65. The van der Waals surface area contributed by atoms with Gasteiger partial charge < -0.3 is 15.0 Å². The molecule has 2 aliphatic rings. The first-order valence-corrected chi connectivity index (χ1v) is 10.2. The smallest absolute Gasteiger partial charge is 0.247 e. The summed E-state index contributed by atoms with van der Waals surface area (Å²) in [6.45, 7) is 1.85. The summed E-state index contributed by atoms with van der Waals surface area (Å²) in [5.74, 6) is -0.396. The van der Waals surface area contributed by atoms with Crippen LogP contribution in [0.15, 0.2) is 48.5 Å². The van der Waals surface area contributed by atoms with Gasteiger partial charge in [0.1, 0.15) is 11.9 Å². The van der Waals surface area contributed by atoms with Gasteiger partial charge in [-0.3, -0.25) is 9.59 Å². The van der Waals surface area contributed by atoms with Gasteiger partial charge in [0.15, 0.2) is 0 Å². The molecule has 2 saturated heterocycles. The van der Waals surface area contributed by atoms with Gasteiger partial charge in [-0.25, -0.2) is 4.39 Å². The first-order chi connectivity index (χ1) is 14.1. The van der Waals surface area contributed by atoms with E-state index in [-0.39, 0.29) is 23.5 Å². The average molecular weight is 396 g/mol. The van der Waals surface area contributed by atoms with Crippen LogP contribution in [0.2, 0.25) is 0 Å². The van der Waals surface area contributed by atoms with Crippen LogP contribution in [0.1, 0.15) is 25.7 Å². The third kappa shape index (κ3) is 4.48. The van der Waals surface area contributed by atoms with Crippen LogP contribution >= 0.6 is 0 Å². The molecule has 6 heteroatoms. The largest absolute Gasteiger partial charge is 0.381 e. The van der Waals surface area contributed by atoms with Crippen LogP contribution in [0.25, 0.3) is 11.1 Å². The maximum atomic E-state index is 13.4. The fourth-order valence-electron chi connectivity index (χ4n) is 4.12. The van der Waals surface area contributed by atoms with Crippen molar-refractivity contribution in [1.82, 2.24) is 4.90 Å².